The van der Waals surface area contributed by atoms with E-state index in [2.05, 4.69) is 15.3 Å². The van der Waals surface area contributed by atoms with Gasteiger partial charge in [0.1, 0.15) is 5.69 Å². The molecule has 0 aliphatic carbocycles. The van der Waals surface area contributed by atoms with Gasteiger partial charge in [-0.15, -0.1) is 5.10 Å². The normalized spacial score (nSPS) is 10.1. The molecule has 2 heterocycles. The standard InChI is InChI=1S/C10H10N4O2/c1-16-10-8(3-2-4-11-10)5-14-6-9(7-15)12-13-14/h2-4,6-7H,5H2,1H3. The lowest BCUT2D eigenvalue weighted by atomic mass is 10.3. The smallest absolute Gasteiger partial charge is 0.218 e. The Morgan fingerprint density at radius 3 is 3.12 bits per heavy atom. The summed E-state index contributed by atoms with van der Waals surface area (Å²) in [5, 5.41) is 7.48. The molecular weight excluding hydrogens is 208 g/mol. The van der Waals surface area contributed by atoms with E-state index in [0.717, 1.165) is 5.56 Å². The van der Waals surface area contributed by atoms with Gasteiger partial charge in [0.2, 0.25) is 5.88 Å². The molecule has 16 heavy (non-hydrogen) atoms. The third kappa shape index (κ3) is 2.05. The lowest BCUT2D eigenvalue weighted by molar-refractivity contribution is 0.111. The number of carbonyl (C=O) groups excluding carboxylic acids is 1. The molecule has 0 saturated carbocycles. The van der Waals surface area contributed by atoms with Crippen LogP contribution in [0.1, 0.15) is 16.1 Å². The SMILES string of the molecule is COc1ncccc1Cn1cc(C=O)nn1. The van der Waals surface area contributed by atoms with Crippen molar-refractivity contribution in [2.45, 2.75) is 6.54 Å². The van der Waals surface area contributed by atoms with Crippen molar-refractivity contribution in [1.29, 1.82) is 0 Å². The van der Waals surface area contributed by atoms with Crippen LogP contribution in [0.2, 0.25) is 0 Å². The largest absolute Gasteiger partial charge is 0.481 e. The van der Waals surface area contributed by atoms with E-state index in [4.69, 9.17) is 4.74 Å². The van der Waals surface area contributed by atoms with Crippen molar-refractivity contribution in [3.63, 3.8) is 0 Å². The van der Waals surface area contributed by atoms with Crippen LogP contribution >= 0.6 is 0 Å². The molecule has 0 aromatic carbocycles. The van der Waals surface area contributed by atoms with Crippen LogP contribution < -0.4 is 4.74 Å². The topological polar surface area (TPSA) is 69.9 Å². The number of carbonyl (C=O) groups is 1. The minimum absolute atomic E-state index is 0.308. The van der Waals surface area contributed by atoms with E-state index in [1.807, 2.05) is 12.1 Å². The van der Waals surface area contributed by atoms with Crippen LogP contribution in [0.15, 0.2) is 24.5 Å². The summed E-state index contributed by atoms with van der Waals surface area (Å²) in [6.45, 7) is 0.470. The minimum Gasteiger partial charge on any atom is -0.481 e. The first-order valence-electron chi connectivity index (χ1n) is 4.66. The van der Waals surface area contributed by atoms with Crippen LogP contribution in [0.5, 0.6) is 5.88 Å². The van der Waals surface area contributed by atoms with Crippen LogP contribution in [0.25, 0.3) is 0 Å². The van der Waals surface area contributed by atoms with E-state index in [0.29, 0.717) is 24.4 Å². The van der Waals surface area contributed by atoms with Crippen molar-refractivity contribution in [1.82, 2.24) is 20.0 Å². The molecule has 0 bridgehead atoms. The van der Waals surface area contributed by atoms with Crippen molar-refractivity contribution in [3.05, 3.63) is 35.8 Å². The van der Waals surface area contributed by atoms with Gasteiger partial charge in [-0.3, -0.25) is 4.79 Å². The zero-order valence-corrected chi connectivity index (χ0v) is 8.70. The molecule has 0 N–H and O–H groups in total. The first kappa shape index (κ1) is 10.3. The summed E-state index contributed by atoms with van der Waals surface area (Å²) in [4.78, 5) is 14.5. The van der Waals surface area contributed by atoms with Crippen LogP contribution in [-0.4, -0.2) is 33.4 Å². The fraction of sp³-hybridized carbons (Fsp3) is 0.200. The maximum absolute atomic E-state index is 10.4. The number of pyridine rings is 1. The second-order valence-electron chi connectivity index (χ2n) is 3.13. The quantitative estimate of drug-likeness (QED) is 0.700. The Kier molecular flexibility index (Phi) is 2.90. The second kappa shape index (κ2) is 4.52. The number of aromatic nitrogens is 4. The van der Waals surface area contributed by atoms with Gasteiger partial charge in [-0.2, -0.15) is 0 Å². The van der Waals surface area contributed by atoms with E-state index in [9.17, 15) is 4.79 Å². The molecule has 0 fully saturated rings. The zero-order chi connectivity index (χ0) is 11.4. The van der Waals surface area contributed by atoms with Gasteiger partial charge in [0, 0.05) is 11.8 Å². The third-order valence-electron chi connectivity index (χ3n) is 2.05. The van der Waals surface area contributed by atoms with E-state index >= 15 is 0 Å². The maximum atomic E-state index is 10.4. The summed E-state index contributed by atoms with van der Waals surface area (Å²) in [5.74, 6) is 0.547. The monoisotopic (exact) mass is 218 g/mol. The van der Waals surface area contributed by atoms with Crippen LogP contribution in [0.3, 0.4) is 0 Å². The molecule has 2 rings (SSSR count). The predicted octanol–water partition coefficient (Wildman–Crippen LogP) is 0.542. The molecule has 0 unspecified atom stereocenters. The van der Waals surface area contributed by atoms with Crippen molar-refractivity contribution >= 4 is 6.29 Å². The number of methoxy groups -OCH3 is 1. The first-order valence-corrected chi connectivity index (χ1v) is 4.66. The fourth-order valence-electron chi connectivity index (χ4n) is 1.35. The summed E-state index contributed by atoms with van der Waals surface area (Å²) in [7, 11) is 1.56. The van der Waals surface area contributed by atoms with Gasteiger partial charge in [0.15, 0.2) is 6.29 Å². The summed E-state index contributed by atoms with van der Waals surface area (Å²) in [6.07, 6.45) is 3.88. The van der Waals surface area contributed by atoms with E-state index in [-0.39, 0.29) is 0 Å². The molecule has 6 nitrogen and oxygen atoms in total. The Bertz CT molecular complexity index is 495. The lowest BCUT2D eigenvalue weighted by Gasteiger charge is -2.05. The third-order valence-corrected chi connectivity index (χ3v) is 2.05. The molecule has 2 aromatic rings. The molecule has 0 amide bonds. The molecule has 0 atom stereocenters. The van der Waals surface area contributed by atoms with Gasteiger partial charge < -0.3 is 4.74 Å². The molecule has 6 heteroatoms. The number of nitrogens with zero attached hydrogens (tertiary/aromatic N) is 4. The highest BCUT2D eigenvalue weighted by molar-refractivity contribution is 5.70. The molecular formula is C10H10N4O2. The Morgan fingerprint density at radius 1 is 1.56 bits per heavy atom. The predicted molar refractivity (Wildman–Crippen MR) is 55.3 cm³/mol. The van der Waals surface area contributed by atoms with Crippen molar-refractivity contribution in [3.8, 4) is 5.88 Å². The molecule has 2 aromatic heterocycles. The van der Waals surface area contributed by atoms with Crippen LogP contribution in [0.4, 0.5) is 0 Å². The van der Waals surface area contributed by atoms with E-state index < -0.39 is 0 Å². The molecule has 0 spiro atoms. The Labute approximate surface area is 91.9 Å². The highest BCUT2D eigenvalue weighted by Gasteiger charge is 2.05. The molecule has 0 saturated heterocycles. The summed E-state index contributed by atoms with van der Waals surface area (Å²) in [6, 6.07) is 3.70. The van der Waals surface area contributed by atoms with E-state index in [1.54, 1.807) is 24.2 Å². The van der Waals surface area contributed by atoms with Crippen LogP contribution in [0, 0.1) is 0 Å². The van der Waals surface area contributed by atoms with Gasteiger partial charge in [-0.25, -0.2) is 9.67 Å². The number of ether oxygens (including phenoxy) is 1. The average molecular weight is 218 g/mol. The summed E-state index contributed by atoms with van der Waals surface area (Å²) >= 11 is 0. The van der Waals surface area contributed by atoms with Gasteiger partial charge >= 0.3 is 0 Å². The van der Waals surface area contributed by atoms with E-state index in [1.165, 1.54) is 0 Å². The van der Waals surface area contributed by atoms with Gasteiger partial charge in [-0.1, -0.05) is 11.3 Å². The van der Waals surface area contributed by atoms with Gasteiger partial charge in [0.25, 0.3) is 0 Å². The van der Waals surface area contributed by atoms with Crippen molar-refractivity contribution in [2.75, 3.05) is 7.11 Å². The molecule has 0 aliphatic rings. The minimum atomic E-state index is 0.308. The highest BCUT2D eigenvalue weighted by atomic mass is 16.5. The highest BCUT2D eigenvalue weighted by Crippen LogP contribution is 2.14. The van der Waals surface area contributed by atoms with Crippen molar-refractivity contribution in [2.24, 2.45) is 0 Å². The lowest BCUT2D eigenvalue weighted by Crippen LogP contribution is -2.03. The maximum Gasteiger partial charge on any atom is 0.218 e. The molecule has 0 radical (unpaired) electrons. The number of hydrogen-bond acceptors (Lipinski definition) is 5. The second-order valence-corrected chi connectivity index (χ2v) is 3.13. The Balaban J connectivity index is 2.22. The number of rotatable bonds is 4. The zero-order valence-electron chi connectivity index (χ0n) is 8.70. The fourth-order valence-corrected chi connectivity index (χ4v) is 1.35. The summed E-state index contributed by atoms with van der Waals surface area (Å²) in [5.41, 5.74) is 1.19. The van der Waals surface area contributed by atoms with Gasteiger partial charge in [-0.05, 0) is 6.07 Å². The van der Waals surface area contributed by atoms with Crippen molar-refractivity contribution < 1.29 is 9.53 Å². The summed E-state index contributed by atoms with van der Waals surface area (Å²) < 4.78 is 6.67. The number of hydrogen-bond donors (Lipinski definition) is 0. The average Bonchev–Trinajstić information content (AvgIpc) is 2.77. The van der Waals surface area contributed by atoms with Gasteiger partial charge in [0.05, 0.1) is 19.9 Å². The Hall–Kier alpha value is -2.24. The first-order chi connectivity index (χ1) is 7.83. The van der Waals surface area contributed by atoms with Crippen LogP contribution in [-0.2, 0) is 6.54 Å². The Morgan fingerprint density at radius 2 is 2.44 bits per heavy atom. The molecule has 0 aliphatic heterocycles. The molecule has 82 valence electrons. The number of aldehydes is 1.